The van der Waals surface area contributed by atoms with Gasteiger partial charge in [-0.2, -0.15) is 0 Å². The molecule has 6 heteroatoms. The number of carbonyl (C=O) groups is 2. The van der Waals surface area contributed by atoms with E-state index in [0.717, 1.165) is 0 Å². The molecule has 0 aliphatic heterocycles. The maximum atomic E-state index is 12.9. The molecule has 0 bridgehead atoms. The van der Waals surface area contributed by atoms with E-state index in [1.807, 2.05) is 0 Å². The fraction of sp³-hybridized carbons (Fsp3) is 0.176. The van der Waals surface area contributed by atoms with Crippen molar-refractivity contribution in [2.45, 2.75) is 19.4 Å². The number of amides is 2. The summed E-state index contributed by atoms with van der Waals surface area (Å²) < 4.78 is 18.5. The zero-order valence-corrected chi connectivity index (χ0v) is 12.6. The summed E-state index contributed by atoms with van der Waals surface area (Å²) in [4.78, 5) is 23.7. The molecule has 2 aromatic carbocycles. The van der Waals surface area contributed by atoms with Crippen molar-refractivity contribution < 1.29 is 18.7 Å². The average molecular weight is 316 g/mol. The first kappa shape index (κ1) is 16.5. The Kier molecular flexibility index (Phi) is 5.30. The van der Waals surface area contributed by atoms with E-state index in [1.54, 1.807) is 25.1 Å². The van der Waals surface area contributed by atoms with Crippen LogP contribution in [0.2, 0.25) is 0 Å². The van der Waals surface area contributed by atoms with Gasteiger partial charge in [-0.25, -0.2) is 4.39 Å². The van der Waals surface area contributed by atoms with Gasteiger partial charge in [-0.3, -0.25) is 9.59 Å². The van der Waals surface area contributed by atoms with Gasteiger partial charge in [0.05, 0.1) is 11.3 Å². The van der Waals surface area contributed by atoms with Crippen LogP contribution in [-0.2, 0) is 4.79 Å². The van der Waals surface area contributed by atoms with Crippen LogP contribution in [0.15, 0.2) is 48.5 Å². The molecule has 0 saturated carbocycles. The van der Waals surface area contributed by atoms with Crippen LogP contribution >= 0.6 is 0 Å². The molecule has 0 aliphatic rings. The molecule has 0 radical (unpaired) electrons. The lowest BCUT2D eigenvalue weighted by Crippen LogP contribution is -2.33. The number of benzene rings is 2. The predicted octanol–water partition coefficient (Wildman–Crippen LogP) is 2.72. The first-order valence-electron chi connectivity index (χ1n) is 7.13. The third kappa shape index (κ3) is 4.29. The molecule has 2 rings (SSSR count). The number of primary amides is 1. The lowest BCUT2D eigenvalue weighted by atomic mass is 10.1. The molecule has 0 unspecified atom stereocenters. The third-order valence-electron chi connectivity index (χ3n) is 3.21. The Morgan fingerprint density at radius 1 is 1.17 bits per heavy atom. The van der Waals surface area contributed by atoms with Crippen LogP contribution in [0.3, 0.4) is 0 Å². The van der Waals surface area contributed by atoms with Crippen molar-refractivity contribution in [3.05, 3.63) is 59.9 Å². The third-order valence-corrected chi connectivity index (χ3v) is 3.21. The van der Waals surface area contributed by atoms with E-state index >= 15 is 0 Å². The molecular formula is C17H17FN2O3. The van der Waals surface area contributed by atoms with E-state index in [2.05, 4.69) is 5.32 Å². The Morgan fingerprint density at radius 2 is 1.83 bits per heavy atom. The fourth-order valence-corrected chi connectivity index (χ4v) is 2.02. The molecular weight excluding hydrogens is 299 g/mol. The van der Waals surface area contributed by atoms with Crippen LogP contribution in [-0.4, -0.2) is 17.9 Å². The highest BCUT2D eigenvalue weighted by molar-refractivity contribution is 6.04. The molecule has 0 heterocycles. The van der Waals surface area contributed by atoms with Gasteiger partial charge in [-0.05, 0) is 42.8 Å². The van der Waals surface area contributed by atoms with Gasteiger partial charge >= 0.3 is 0 Å². The summed E-state index contributed by atoms with van der Waals surface area (Å²) >= 11 is 0. The highest BCUT2D eigenvalue weighted by atomic mass is 19.1. The van der Waals surface area contributed by atoms with Crippen LogP contribution in [0.4, 0.5) is 10.1 Å². The number of rotatable bonds is 6. The number of hydrogen-bond donors (Lipinski definition) is 2. The zero-order valence-electron chi connectivity index (χ0n) is 12.6. The molecule has 0 aromatic heterocycles. The minimum absolute atomic E-state index is 0.220. The number of para-hydroxylation sites is 1. The number of carbonyl (C=O) groups excluding carboxylic acids is 2. The number of anilines is 1. The van der Waals surface area contributed by atoms with Crippen LogP contribution in [0.1, 0.15) is 23.7 Å². The standard InChI is InChI=1S/C17H17FN2O3/c1-2-15(23-12-9-7-11(18)8-10-12)17(22)20-14-6-4-3-5-13(14)16(19)21/h3-10,15H,2H2,1H3,(H2,19,21)(H,20,22)/t15-/m0/s1. The molecule has 2 aromatic rings. The first-order valence-corrected chi connectivity index (χ1v) is 7.13. The normalized spacial score (nSPS) is 11.6. The van der Waals surface area contributed by atoms with Gasteiger partial charge in [0.15, 0.2) is 6.10 Å². The second-order valence-corrected chi connectivity index (χ2v) is 4.87. The van der Waals surface area contributed by atoms with E-state index in [-0.39, 0.29) is 11.4 Å². The Balaban J connectivity index is 2.11. The van der Waals surface area contributed by atoms with Gasteiger partial charge < -0.3 is 15.8 Å². The molecule has 0 saturated heterocycles. The van der Waals surface area contributed by atoms with Crippen LogP contribution < -0.4 is 15.8 Å². The number of nitrogens with two attached hydrogens (primary N) is 1. The van der Waals surface area contributed by atoms with Crippen LogP contribution in [0.25, 0.3) is 0 Å². The van der Waals surface area contributed by atoms with E-state index in [4.69, 9.17) is 10.5 Å². The smallest absolute Gasteiger partial charge is 0.265 e. The van der Waals surface area contributed by atoms with Gasteiger partial charge in [0, 0.05) is 0 Å². The quantitative estimate of drug-likeness (QED) is 0.859. The molecule has 0 aliphatic carbocycles. The van der Waals surface area contributed by atoms with Crippen LogP contribution in [0.5, 0.6) is 5.75 Å². The Bertz CT molecular complexity index is 701. The predicted molar refractivity (Wildman–Crippen MR) is 84.7 cm³/mol. The second kappa shape index (κ2) is 7.40. The van der Waals surface area contributed by atoms with Gasteiger partial charge in [0.2, 0.25) is 0 Å². The van der Waals surface area contributed by atoms with E-state index in [9.17, 15) is 14.0 Å². The van der Waals surface area contributed by atoms with Crippen molar-refractivity contribution in [2.75, 3.05) is 5.32 Å². The van der Waals surface area contributed by atoms with Gasteiger partial charge in [0.25, 0.3) is 11.8 Å². The minimum Gasteiger partial charge on any atom is -0.481 e. The molecule has 1 atom stereocenters. The summed E-state index contributed by atoms with van der Waals surface area (Å²) in [7, 11) is 0. The maximum Gasteiger partial charge on any atom is 0.265 e. The SMILES string of the molecule is CC[C@H](Oc1ccc(F)cc1)C(=O)Nc1ccccc1C(N)=O. The molecule has 23 heavy (non-hydrogen) atoms. The lowest BCUT2D eigenvalue weighted by Gasteiger charge is -2.18. The molecule has 3 N–H and O–H groups in total. The molecule has 2 amide bonds. The van der Waals surface area contributed by atoms with Crippen LogP contribution in [0, 0.1) is 5.82 Å². The van der Waals surface area contributed by atoms with E-state index in [1.165, 1.54) is 30.3 Å². The largest absolute Gasteiger partial charge is 0.481 e. The number of nitrogens with one attached hydrogen (secondary N) is 1. The number of halogens is 1. The Hall–Kier alpha value is -2.89. The van der Waals surface area contributed by atoms with Crippen molar-refractivity contribution >= 4 is 17.5 Å². The first-order chi connectivity index (χ1) is 11.0. The van der Waals surface area contributed by atoms with Gasteiger partial charge in [-0.15, -0.1) is 0 Å². The fourth-order valence-electron chi connectivity index (χ4n) is 2.02. The number of hydrogen-bond acceptors (Lipinski definition) is 3. The molecule has 120 valence electrons. The van der Waals surface area contributed by atoms with Gasteiger partial charge in [0.1, 0.15) is 11.6 Å². The summed E-state index contributed by atoms with van der Waals surface area (Å²) in [5, 5.41) is 2.64. The maximum absolute atomic E-state index is 12.9. The second-order valence-electron chi connectivity index (χ2n) is 4.87. The average Bonchev–Trinajstić information content (AvgIpc) is 2.54. The zero-order chi connectivity index (χ0) is 16.8. The van der Waals surface area contributed by atoms with Crippen molar-refractivity contribution in [2.24, 2.45) is 5.73 Å². The topological polar surface area (TPSA) is 81.4 Å². The van der Waals surface area contributed by atoms with Gasteiger partial charge in [-0.1, -0.05) is 19.1 Å². The van der Waals surface area contributed by atoms with Crippen molar-refractivity contribution in [1.82, 2.24) is 0 Å². The summed E-state index contributed by atoms with van der Waals surface area (Å²) in [5.41, 5.74) is 5.82. The van der Waals surface area contributed by atoms with Crippen molar-refractivity contribution in [1.29, 1.82) is 0 Å². The summed E-state index contributed by atoms with van der Waals surface area (Å²) in [6, 6.07) is 11.9. The van der Waals surface area contributed by atoms with Crippen molar-refractivity contribution in [3.63, 3.8) is 0 Å². The highest BCUT2D eigenvalue weighted by Gasteiger charge is 2.20. The van der Waals surface area contributed by atoms with E-state index in [0.29, 0.717) is 17.9 Å². The Morgan fingerprint density at radius 3 is 2.43 bits per heavy atom. The Labute approximate surface area is 133 Å². The lowest BCUT2D eigenvalue weighted by molar-refractivity contribution is -0.122. The number of ether oxygens (including phenoxy) is 1. The summed E-state index contributed by atoms with van der Waals surface area (Å²) in [6.07, 6.45) is -0.372. The summed E-state index contributed by atoms with van der Waals surface area (Å²) in [5.74, 6) is -1.04. The summed E-state index contributed by atoms with van der Waals surface area (Å²) in [6.45, 7) is 1.79. The molecule has 0 spiro atoms. The molecule has 5 nitrogen and oxygen atoms in total. The monoisotopic (exact) mass is 316 g/mol. The highest BCUT2D eigenvalue weighted by Crippen LogP contribution is 2.18. The molecule has 0 fully saturated rings. The van der Waals surface area contributed by atoms with Crippen molar-refractivity contribution in [3.8, 4) is 5.75 Å². The minimum atomic E-state index is -0.776. The van der Waals surface area contributed by atoms with E-state index < -0.39 is 17.9 Å².